The Kier molecular flexibility index (Phi) is 5.21. The molecular weight excluding hydrogens is 310 g/mol. The van der Waals surface area contributed by atoms with E-state index in [4.69, 9.17) is 5.73 Å². The van der Waals surface area contributed by atoms with Gasteiger partial charge < -0.3 is 10.6 Å². The van der Waals surface area contributed by atoms with Gasteiger partial charge in [-0.05, 0) is 61.5 Å². The summed E-state index contributed by atoms with van der Waals surface area (Å²) in [5, 5.41) is 0. The molecule has 102 valence electrons. The van der Waals surface area contributed by atoms with E-state index in [1.807, 2.05) is 0 Å². The average Bonchev–Trinajstić information content (AvgIpc) is 2.91. The fourth-order valence-electron chi connectivity index (χ4n) is 2.69. The number of nitrogens with two attached hydrogens (primary N) is 1. The van der Waals surface area contributed by atoms with Crippen molar-refractivity contribution in [3.05, 3.63) is 20.8 Å². The summed E-state index contributed by atoms with van der Waals surface area (Å²) in [5.41, 5.74) is 5.96. The molecule has 1 fully saturated rings. The van der Waals surface area contributed by atoms with Gasteiger partial charge in [0.2, 0.25) is 0 Å². The highest BCUT2D eigenvalue weighted by atomic mass is 79.9. The van der Waals surface area contributed by atoms with Gasteiger partial charge >= 0.3 is 0 Å². The van der Waals surface area contributed by atoms with Crippen LogP contribution in [0, 0.1) is 0 Å². The molecule has 0 amide bonds. The summed E-state index contributed by atoms with van der Waals surface area (Å²) < 4.78 is 1.18. The molecule has 0 bridgehead atoms. The van der Waals surface area contributed by atoms with E-state index in [2.05, 4.69) is 52.0 Å². The second-order valence-corrected chi connectivity index (χ2v) is 7.60. The van der Waals surface area contributed by atoms with Crippen LogP contribution in [0.2, 0.25) is 0 Å². The minimum atomic E-state index is 0.343. The Hall–Kier alpha value is 0.0600. The van der Waals surface area contributed by atoms with Crippen molar-refractivity contribution in [1.29, 1.82) is 0 Å². The van der Waals surface area contributed by atoms with Crippen LogP contribution in [0.3, 0.4) is 0 Å². The maximum absolute atomic E-state index is 5.96. The summed E-state index contributed by atoms with van der Waals surface area (Å²) in [6, 6.07) is 5.32. The van der Waals surface area contributed by atoms with Gasteiger partial charge in [-0.1, -0.05) is 0 Å². The molecule has 1 saturated heterocycles. The summed E-state index contributed by atoms with van der Waals surface area (Å²) in [7, 11) is 4.42. The Bertz CT molecular complexity index is 382. The molecule has 2 rings (SSSR count). The Morgan fingerprint density at radius 1 is 1.61 bits per heavy atom. The predicted molar refractivity (Wildman–Crippen MR) is 82.1 cm³/mol. The van der Waals surface area contributed by atoms with Crippen LogP contribution in [0.1, 0.15) is 23.8 Å². The third kappa shape index (κ3) is 3.33. The first-order chi connectivity index (χ1) is 8.61. The maximum atomic E-state index is 5.96. The van der Waals surface area contributed by atoms with Gasteiger partial charge in [0.1, 0.15) is 0 Å². The van der Waals surface area contributed by atoms with E-state index < -0.39 is 0 Å². The molecule has 0 aromatic carbocycles. The van der Waals surface area contributed by atoms with E-state index in [9.17, 15) is 0 Å². The van der Waals surface area contributed by atoms with Gasteiger partial charge in [0.25, 0.3) is 0 Å². The fraction of sp³-hybridized carbons (Fsp3) is 0.692. The van der Waals surface area contributed by atoms with E-state index in [1.54, 1.807) is 11.3 Å². The molecule has 1 aliphatic rings. The molecule has 1 aromatic heterocycles. The van der Waals surface area contributed by atoms with E-state index >= 15 is 0 Å². The molecule has 0 radical (unpaired) electrons. The lowest BCUT2D eigenvalue weighted by atomic mass is 10.1. The minimum Gasteiger partial charge on any atom is -0.329 e. The summed E-state index contributed by atoms with van der Waals surface area (Å²) in [5.74, 6) is 0. The lowest BCUT2D eigenvalue weighted by Crippen LogP contribution is -2.40. The standard InChI is InChI=1S/C13H22BrN3S/c1-16-7-3-4-10(16)9-17(2)11(8-15)12-5-6-13(14)18-12/h5-6,10-11H,3-4,7-9,15H2,1-2H3. The van der Waals surface area contributed by atoms with Crippen molar-refractivity contribution < 1.29 is 0 Å². The molecule has 0 aliphatic carbocycles. The predicted octanol–water partition coefficient (Wildman–Crippen LogP) is 2.54. The lowest BCUT2D eigenvalue weighted by molar-refractivity contribution is 0.181. The molecule has 2 heterocycles. The summed E-state index contributed by atoms with van der Waals surface area (Å²) in [6.45, 7) is 3.02. The van der Waals surface area contributed by atoms with Crippen LogP contribution < -0.4 is 5.73 Å². The van der Waals surface area contributed by atoms with Crippen molar-refractivity contribution >= 4 is 27.3 Å². The summed E-state index contributed by atoms with van der Waals surface area (Å²) >= 11 is 5.32. The third-order valence-corrected chi connectivity index (χ3v) is 5.57. The largest absolute Gasteiger partial charge is 0.329 e. The van der Waals surface area contributed by atoms with E-state index in [0.717, 1.165) is 6.54 Å². The van der Waals surface area contributed by atoms with Gasteiger partial charge in [0.05, 0.1) is 9.83 Å². The average molecular weight is 332 g/mol. The molecule has 5 heteroatoms. The Morgan fingerprint density at radius 2 is 2.39 bits per heavy atom. The normalized spacial score (nSPS) is 22.8. The number of hydrogen-bond acceptors (Lipinski definition) is 4. The van der Waals surface area contributed by atoms with Crippen LogP contribution in [0.5, 0.6) is 0 Å². The van der Waals surface area contributed by atoms with Crippen molar-refractivity contribution in [3.8, 4) is 0 Å². The topological polar surface area (TPSA) is 32.5 Å². The number of hydrogen-bond donors (Lipinski definition) is 1. The number of likely N-dealkylation sites (tertiary alicyclic amines) is 1. The minimum absolute atomic E-state index is 0.343. The van der Waals surface area contributed by atoms with Gasteiger partial charge in [-0.2, -0.15) is 0 Å². The quantitative estimate of drug-likeness (QED) is 0.899. The van der Waals surface area contributed by atoms with E-state index in [0.29, 0.717) is 18.6 Å². The fourth-order valence-corrected chi connectivity index (χ4v) is 4.29. The Balaban J connectivity index is 1.99. The van der Waals surface area contributed by atoms with Crippen molar-refractivity contribution in [2.45, 2.75) is 24.9 Å². The number of rotatable bonds is 5. The number of halogens is 1. The summed E-state index contributed by atoms with van der Waals surface area (Å²) in [6.07, 6.45) is 2.64. The van der Waals surface area contributed by atoms with Gasteiger partial charge in [0, 0.05) is 24.0 Å². The molecule has 18 heavy (non-hydrogen) atoms. The van der Waals surface area contributed by atoms with Crippen LogP contribution in [-0.4, -0.2) is 49.6 Å². The first kappa shape index (κ1) is 14.5. The van der Waals surface area contributed by atoms with E-state index in [-0.39, 0.29) is 0 Å². The monoisotopic (exact) mass is 331 g/mol. The molecule has 2 atom stereocenters. The van der Waals surface area contributed by atoms with Crippen molar-refractivity contribution in [1.82, 2.24) is 9.80 Å². The highest BCUT2D eigenvalue weighted by Crippen LogP contribution is 2.30. The number of thiophene rings is 1. The lowest BCUT2D eigenvalue weighted by Gasteiger charge is -2.31. The molecule has 1 aliphatic heterocycles. The highest BCUT2D eigenvalue weighted by Gasteiger charge is 2.25. The van der Waals surface area contributed by atoms with Crippen LogP contribution in [-0.2, 0) is 0 Å². The SMILES string of the molecule is CN1CCCC1CN(C)C(CN)c1ccc(Br)s1. The molecule has 0 saturated carbocycles. The molecule has 3 nitrogen and oxygen atoms in total. The van der Waals surface area contributed by atoms with Crippen molar-refractivity contribution in [3.63, 3.8) is 0 Å². The maximum Gasteiger partial charge on any atom is 0.0702 e. The molecular formula is C13H22BrN3S. The van der Waals surface area contributed by atoms with Gasteiger partial charge in [-0.15, -0.1) is 11.3 Å². The molecule has 2 N–H and O–H groups in total. The van der Waals surface area contributed by atoms with Gasteiger partial charge in [-0.3, -0.25) is 4.90 Å². The van der Waals surface area contributed by atoms with Crippen LogP contribution in [0.25, 0.3) is 0 Å². The van der Waals surface area contributed by atoms with Crippen LogP contribution in [0.4, 0.5) is 0 Å². The van der Waals surface area contributed by atoms with Gasteiger partial charge in [-0.25, -0.2) is 0 Å². The van der Waals surface area contributed by atoms with Crippen LogP contribution in [0.15, 0.2) is 15.9 Å². The third-order valence-electron chi connectivity index (χ3n) is 3.85. The molecule has 1 aromatic rings. The zero-order valence-corrected chi connectivity index (χ0v) is 13.5. The van der Waals surface area contributed by atoms with Gasteiger partial charge in [0.15, 0.2) is 0 Å². The Morgan fingerprint density at radius 3 is 2.89 bits per heavy atom. The second kappa shape index (κ2) is 6.48. The van der Waals surface area contributed by atoms with Crippen LogP contribution >= 0.6 is 27.3 Å². The number of nitrogens with zero attached hydrogens (tertiary/aromatic N) is 2. The van der Waals surface area contributed by atoms with E-state index in [1.165, 1.54) is 28.0 Å². The second-order valence-electron chi connectivity index (χ2n) is 5.11. The van der Waals surface area contributed by atoms with Crippen molar-refractivity contribution in [2.75, 3.05) is 33.7 Å². The summed E-state index contributed by atoms with van der Waals surface area (Å²) in [4.78, 5) is 6.23. The Labute approximate surface area is 122 Å². The smallest absolute Gasteiger partial charge is 0.0702 e. The number of likely N-dealkylation sites (N-methyl/N-ethyl adjacent to an activating group) is 2. The highest BCUT2D eigenvalue weighted by molar-refractivity contribution is 9.11. The zero-order chi connectivity index (χ0) is 13.1. The first-order valence-electron chi connectivity index (χ1n) is 6.47. The molecule has 2 unspecified atom stereocenters. The first-order valence-corrected chi connectivity index (χ1v) is 8.08. The zero-order valence-electron chi connectivity index (χ0n) is 11.1. The van der Waals surface area contributed by atoms with Crippen molar-refractivity contribution in [2.24, 2.45) is 5.73 Å². The molecule has 0 spiro atoms.